The second-order valence-electron chi connectivity index (χ2n) is 27.5. The summed E-state index contributed by atoms with van der Waals surface area (Å²) in [4.78, 5) is 40.0. The molecular weight excluding hydrogens is 1120 g/mol. The van der Waals surface area contributed by atoms with Gasteiger partial charge in [-0.15, -0.1) is 0 Å². The Hall–Kier alpha value is -2.91. The summed E-state index contributed by atoms with van der Waals surface area (Å²) >= 11 is 0. The molecule has 0 amide bonds. The summed E-state index contributed by atoms with van der Waals surface area (Å²) in [5, 5.41) is 145. The molecule has 26 heteroatoms. The number of aliphatic hydroxyl groups is 12. The lowest BCUT2D eigenvalue weighted by Gasteiger charge is -2.72. The number of rotatable bonds is 15. The third kappa shape index (κ3) is 10.9. The average Bonchev–Trinajstić information content (AvgIpc) is 0.676. The van der Waals surface area contributed by atoms with Gasteiger partial charge < -0.3 is 119 Å². The van der Waals surface area contributed by atoms with Crippen molar-refractivity contribution in [1.82, 2.24) is 0 Å². The highest BCUT2D eigenvalue weighted by molar-refractivity contribution is 5.73. The van der Waals surface area contributed by atoms with Crippen LogP contribution in [0.25, 0.3) is 0 Å². The van der Waals surface area contributed by atoms with E-state index in [9.17, 15) is 80.8 Å². The van der Waals surface area contributed by atoms with Crippen LogP contribution in [0.5, 0.6) is 0 Å². The van der Waals surface area contributed by atoms with E-state index >= 15 is 0 Å². The topological polar surface area (TPSA) is 407 Å². The molecule has 0 aromatic rings. The van der Waals surface area contributed by atoms with E-state index in [4.69, 9.17) is 47.4 Å². The molecule has 5 aliphatic carbocycles. The summed E-state index contributed by atoms with van der Waals surface area (Å²) in [5.74, 6) is -5.18. The van der Waals surface area contributed by atoms with Gasteiger partial charge in [-0.2, -0.15) is 0 Å². The molecule has 0 radical (unpaired) electrons. The Morgan fingerprint density at radius 2 is 1.36 bits per heavy atom. The second kappa shape index (κ2) is 24.0. The molecule has 4 saturated carbocycles. The zero-order valence-electron chi connectivity index (χ0n) is 50.0. The Morgan fingerprint density at radius 3 is 1.99 bits per heavy atom. The number of carboxylic acids is 1. The number of allylic oxidation sites excluding steroid dienone is 4. The number of carbonyl (C=O) groups excluding carboxylic acids is 2. The van der Waals surface area contributed by atoms with Crippen LogP contribution in [-0.2, 0) is 61.8 Å². The fraction of sp³-hybridized carbons (Fsp3) is 0.881. The van der Waals surface area contributed by atoms with Gasteiger partial charge in [-0.1, -0.05) is 53.2 Å². The number of esters is 1. The SMILES string of the molecule is C/C=C(\C)O[C@H]1[C@H](O)[C@]2(COC(C)=O)[C@H](O)C[C@]3(C)C(=CC[C@@H]4[C@@]5(C)CCC(O[C@@H]6O[C@H](C(=O)O)[C@@H](O)[C@H](O[C@@H]7OC[C@H](O)[C@H](O)[C@H]7O[C@@H]7OC[C@@H](O)[C@H](O)[C@H]7O)[C@H]6O[C@]6(C)O[C@H](CO)[C@H](O)[C@H](O)[C@H]6O)[C@@](C)(C=O)[C@@H]5CC[C@]43C)[C@@H]2CC1(C)C. The maximum absolute atomic E-state index is 14.2. The van der Waals surface area contributed by atoms with Crippen LogP contribution in [0.4, 0.5) is 0 Å². The highest BCUT2D eigenvalue weighted by Gasteiger charge is 2.74. The van der Waals surface area contributed by atoms with Crippen LogP contribution in [-0.4, -0.2) is 246 Å². The van der Waals surface area contributed by atoms with Crippen LogP contribution < -0.4 is 0 Å². The van der Waals surface area contributed by atoms with Crippen LogP contribution >= 0.6 is 0 Å². The van der Waals surface area contributed by atoms with Gasteiger partial charge in [-0.3, -0.25) is 4.79 Å². The molecule has 0 aromatic heterocycles. The molecule has 9 rings (SSSR count). The Balaban J connectivity index is 1.06. The molecule has 1 unspecified atom stereocenters. The molecule has 484 valence electrons. The van der Waals surface area contributed by atoms with Gasteiger partial charge in [0.15, 0.2) is 30.8 Å². The Morgan fingerprint density at radius 1 is 0.718 bits per heavy atom. The third-order valence-corrected chi connectivity index (χ3v) is 22.3. The second-order valence-corrected chi connectivity index (χ2v) is 27.5. The Kier molecular flexibility index (Phi) is 18.8. The fourth-order valence-electron chi connectivity index (χ4n) is 17.1. The van der Waals surface area contributed by atoms with E-state index in [0.29, 0.717) is 37.9 Å². The van der Waals surface area contributed by atoms with E-state index in [1.54, 1.807) is 19.9 Å². The number of carboxylic acid groups (broad SMARTS) is 1. The molecule has 13 N–H and O–H groups in total. The van der Waals surface area contributed by atoms with Crippen LogP contribution in [0.3, 0.4) is 0 Å². The lowest BCUT2D eigenvalue weighted by atomic mass is 9.33. The predicted molar refractivity (Wildman–Crippen MR) is 288 cm³/mol. The van der Waals surface area contributed by atoms with Gasteiger partial charge in [0.05, 0.1) is 48.6 Å². The predicted octanol–water partition coefficient (Wildman–Crippen LogP) is -1.19. The number of aliphatic hydroxyl groups excluding tert-OH is 12. The molecule has 30 atom stereocenters. The van der Waals surface area contributed by atoms with Crippen molar-refractivity contribution in [1.29, 1.82) is 0 Å². The van der Waals surface area contributed by atoms with Crippen molar-refractivity contribution < 1.29 is 128 Å². The fourth-order valence-corrected chi connectivity index (χ4v) is 17.1. The molecule has 4 heterocycles. The van der Waals surface area contributed by atoms with E-state index in [-0.39, 0.29) is 25.4 Å². The number of fused-ring (bicyclic) bond motifs is 7. The van der Waals surface area contributed by atoms with Crippen molar-refractivity contribution >= 4 is 18.2 Å². The maximum atomic E-state index is 14.2. The zero-order valence-corrected chi connectivity index (χ0v) is 50.0. The largest absolute Gasteiger partial charge is 0.492 e. The molecule has 4 aliphatic heterocycles. The van der Waals surface area contributed by atoms with Crippen molar-refractivity contribution in [3.63, 3.8) is 0 Å². The third-order valence-electron chi connectivity index (χ3n) is 22.3. The maximum Gasteiger partial charge on any atom is 0.335 e. The van der Waals surface area contributed by atoms with Crippen molar-refractivity contribution in [2.24, 2.45) is 50.2 Å². The molecule has 26 nitrogen and oxygen atoms in total. The first-order valence-corrected chi connectivity index (χ1v) is 29.8. The summed E-state index contributed by atoms with van der Waals surface area (Å²) in [6.45, 7) is 16.1. The first-order valence-electron chi connectivity index (χ1n) is 29.8. The van der Waals surface area contributed by atoms with E-state index < -0.39 is 211 Å². The summed E-state index contributed by atoms with van der Waals surface area (Å²) in [5.41, 5.74) is -4.12. The van der Waals surface area contributed by atoms with Gasteiger partial charge in [-0.25, -0.2) is 4.79 Å². The van der Waals surface area contributed by atoms with Crippen molar-refractivity contribution in [2.75, 3.05) is 26.4 Å². The minimum atomic E-state index is -2.48. The lowest BCUT2D eigenvalue weighted by Crippen LogP contribution is -2.72. The molecule has 85 heavy (non-hydrogen) atoms. The van der Waals surface area contributed by atoms with Crippen molar-refractivity contribution in [2.45, 2.75) is 249 Å². The van der Waals surface area contributed by atoms with Crippen LogP contribution in [0.2, 0.25) is 0 Å². The van der Waals surface area contributed by atoms with Gasteiger partial charge in [-0.05, 0) is 106 Å². The number of hydrogen-bond donors (Lipinski definition) is 13. The standard InChI is InChI=1S/C59H92O26/c1-11-25(2)79-48-47(73)59(24-78-26(3)62)28(18-53(48,4)5)27-12-13-33-54(6)16-15-35(55(7,23-61)32(54)14-17-56(33,8)57(27,9)19-34(59)65)80-52-45(85-58(10)46(72)39(69)38(68)31(20-60)84-58)42(41(71)43(82-52)49(74)75)81-51-44(37(67)30(64)22-77-51)83-50-40(70)36(66)29(63)21-76-50/h11-12,23,28-48,50-52,60,63-73H,13-22,24H2,1-10H3,(H,74,75)/b25-11+/t28-,29+,30-,31+,32+,33+,34+,35?,36-,37-,38-,39-,40+,41-,42-,43-,44+,45+,46+,47-,48-,50-,51-,52+,54-,55-,56+,57+,58-,59-/m0/s1. The number of hydrogen-bond acceptors (Lipinski definition) is 25. The van der Waals surface area contributed by atoms with Crippen molar-refractivity contribution in [3.05, 3.63) is 23.5 Å². The molecular formula is C59H92O26. The number of carbonyl (C=O) groups is 3. The van der Waals surface area contributed by atoms with Gasteiger partial charge in [0.2, 0.25) is 0 Å². The van der Waals surface area contributed by atoms with Crippen LogP contribution in [0, 0.1) is 50.2 Å². The number of aldehydes is 1. The summed E-state index contributed by atoms with van der Waals surface area (Å²) < 4.78 is 61.0. The smallest absolute Gasteiger partial charge is 0.335 e. The Labute approximate surface area is 493 Å². The number of ether oxygens (including phenoxy) is 10. The van der Waals surface area contributed by atoms with Crippen LogP contribution in [0.15, 0.2) is 23.5 Å². The lowest BCUT2D eigenvalue weighted by molar-refractivity contribution is -0.422. The molecule has 0 bridgehead atoms. The molecule has 0 aromatic carbocycles. The monoisotopic (exact) mass is 1220 g/mol. The first-order chi connectivity index (χ1) is 39.7. The highest BCUT2D eigenvalue weighted by Crippen LogP contribution is 2.76. The van der Waals surface area contributed by atoms with E-state index in [0.717, 1.165) is 18.8 Å². The minimum absolute atomic E-state index is 0.124. The molecule has 8 fully saturated rings. The normalized spacial score (nSPS) is 52.5. The van der Waals surface area contributed by atoms with E-state index in [2.05, 4.69) is 26.8 Å². The van der Waals surface area contributed by atoms with Gasteiger partial charge in [0, 0.05) is 12.3 Å². The van der Waals surface area contributed by atoms with E-state index in [1.807, 2.05) is 20.8 Å². The average molecular weight is 1220 g/mol. The quantitative estimate of drug-likeness (QED) is 0.0301. The Bertz CT molecular complexity index is 2500. The zero-order chi connectivity index (χ0) is 62.6. The summed E-state index contributed by atoms with van der Waals surface area (Å²) in [6, 6.07) is 0. The molecule has 9 aliphatic rings. The summed E-state index contributed by atoms with van der Waals surface area (Å²) in [6.07, 6.45) is -29.4. The summed E-state index contributed by atoms with van der Waals surface area (Å²) in [7, 11) is 0. The van der Waals surface area contributed by atoms with E-state index in [1.165, 1.54) is 6.92 Å². The molecule has 4 saturated heterocycles. The first kappa shape index (κ1) is 66.5. The highest BCUT2D eigenvalue weighted by atomic mass is 16.8. The van der Waals surface area contributed by atoms with Gasteiger partial charge >= 0.3 is 11.9 Å². The minimum Gasteiger partial charge on any atom is -0.492 e. The van der Waals surface area contributed by atoms with Crippen molar-refractivity contribution in [3.8, 4) is 0 Å². The van der Waals surface area contributed by atoms with Crippen LogP contribution in [0.1, 0.15) is 114 Å². The molecule has 0 spiro atoms. The van der Waals surface area contributed by atoms with Gasteiger partial charge in [0.25, 0.3) is 0 Å². The number of aliphatic carboxylic acids is 1. The van der Waals surface area contributed by atoms with Gasteiger partial charge in [0.1, 0.15) is 104 Å².